The summed E-state index contributed by atoms with van der Waals surface area (Å²) in [5.74, 6) is -0.252. The van der Waals surface area contributed by atoms with Crippen molar-refractivity contribution >= 4 is 17.0 Å². The molecule has 3 rings (SSSR count). The Hall–Kier alpha value is -1.39. The first-order valence-electron chi connectivity index (χ1n) is 6.41. The molecule has 0 aliphatic carbocycles. The number of thiophene rings is 1. The molecule has 0 unspecified atom stereocenters. The van der Waals surface area contributed by atoms with Crippen molar-refractivity contribution in [3.8, 4) is 0 Å². The highest BCUT2D eigenvalue weighted by Crippen LogP contribution is 2.34. The molecule has 1 aliphatic heterocycles. The minimum absolute atomic E-state index is 0.0976. The van der Waals surface area contributed by atoms with Gasteiger partial charge in [0, 0.05) is 21.9 Å². The first-order valence-corrected chi connectivity index (χ1v) is 7.23. The Balaban J connectivity index is 1.95. The van der Waals surface area contributed by atoms with E-state index in [2.05, 4.69) is 24.4 Å². The Labute approximate surface area is 115 Å². The number of aliphatic hydroxyl groups is 1. The van der Waals surface area contributed by atoms with Gasteiger partial charge in [-0.25, -0.2) is 4.39 Å². The van der Waals surface area contributed by atoms with Crippen molar-refractivity contribution in [2.24, 2.45) is 0 Å². The predicted molar refractivity (Wildman–Crippen MR) is 76.1 cm³/mol. The number of fused-ring (bicyclic) bond motifs is 1. The number of hydrogen-bond acceptors (Lipinski definition) is 3. The molecule has 1 aromatic carbocycles. The molecule has 0 fully saturated rings. The average Bonchev–Trinajstić information content (AvgIpc) is 2.70. The van der Waals surface area contributed by atoms with E-state index in [1.165, 1.54) is 21.9 Å². The molecular formula is C15H16FNOS. The van der Waals surface area contributed by atoms with Crippen molar-refractivity contribution in [2.45, 2.75) is 31.9 Å². The normalized spacial score (nSPS) is 22.5. The molecule has 4 heteroatoms. The minimum Gasteiger partial charge on any atom is -0.393 e. The first-order chi connectivity index (χ1) is 9.11. The van der Waals surface area contributed by atoms with E-state index in [1.54, 1.807) is 17.4 Å². The van der Waals surface area contributed by atoms with Gasteiger partial charge in [0.1, 0.15) is 5.82 Å². The molecular weight excluding hydrogens is 261 g/mol. The summed E-state index contributed by atoms with van der Waals surface area (Å²) in [6.45, 7) is 2.07. The zero-order valence-corrected chi connectivity index (χ0v) is 11.5. The van der Waals surface area contributed by atoms with Crippen LogP contribution in [0.15, 0.2) is 30.3 Å². The van der Waals surface area contributed by atoms with Crippen molar-refractivity contribution in [1.82, 2.24) is 0 Å². The summed E-state index contributed by atoms with van der Waals surface area (Å²) in [4.78, 5) is 2.48. The SMILES string of the molecule is Cc1ccc([C@@H]2C[C@H](O)Cc3cc(F)ccc3N2)s1. The van der Waals surface area contributed by atoms with Crippen molar-refractivity contribution in [1.29, 1.82) is 0 Å². The fourth-order valence-electron chi connectivity index (χ4n) is 2.56. The largest absolute Gasteiger partial charge is 0.393 e. The van der Waals surface area contributed by atoms with Crippen LogP contribution in [0.4, 0.5) is 10.1 Å². The van der Waals surface area contributed by atoms with Gasteiger partial charge in [0.2, 0.25) is 0 Å². The molecule has 2 N–H and O–H groups in total. The summed E-state index contributed by atoms with van der Waals surface area (Å²) in [7, 11) is 0. The number of halogens is 1. The summed E-state index contributed by atoms with van der Waals surface area (Å²) >= 11 is 1.74. The van der Waals surface area contributed by atoms with Gasteiger partial charge >= 0.3 is 0 Å². The van der Waals surface area contributed by atoms with E-state index in [-0.39, 0.29) is 11.9 Å². The van der Waals surface area contributed by atoms with E-state index in [0.717, 1.165) is 11.3 Å². The van der Waals surface area contributed by atoms with Crippen LogP contribution >= 0.6 is 11.3 Å². The Kier molecular flexibility index (Phi) is 3.29. The van der Waals surface area contributed by atoms with Crippen LogP contribution in [0.25, 0.3) is 0 Å². The molecule has 2 aromatic rings. The fraction of sp³-hybridized carbons (Fsp3) is 0.333. The van der Waals surface area contributed by atoms with Crippen LogP contribution in [0.1, 0.15) is 27.8 Å². The van der Waals surface area contributed by atoms with Crippen molar-refractivity contribution in [3.63, 3.8) is 0 Å². The third-order valence-electron chi connectivity index (χ3n) is 3.46. The average molecular weight is 277 g/mol. The van der Waals surface area contributed by atoms with Crippen LogP contribution < -0.4 is 5.32 Å². The highest BCUT2D eigenvalue weighted by molar-refractivity contribution is 7.12. The molecule has 0 bridgehead atoms. The molecule has 0 amide bonds. The molecule has 1 aromatic heterocycles. The van der Waals surface area contributed by atoms with E-state index < -0.39 is 6.10 Å². The maximum absolute atomic E-state index is 13.3. The number of anilines is 1. The quantitative estimate of drug-likeness (QED) is 0.834. The van der Waals surface area contributed by atoms with Gasteiger partial charge in [-0.15, -0.1) is 11.3 Å². The first kappa shape index (κ1) is 12.6. The lowest BCUT2D eigenvalue weighted by molar-refractivity contribution is 0.161. The lowest BCUT2D eigenvalue weighted by Gasteiger charge is -2.17. The molecule has 19 heavy (non-hydrogen) atoms. The predicted octanol–water partition coefficient (Wildman–Crippen LogP) is 3.66. The number of nitrogens with one attached hydrogen (secondary N) is 1. The van der Waals surface area contributed by atoms with E-state index in [4.69, 9.17) is 0 Å². The van der Waals surface area contributed by atoms with Gasteiger partial charge in [0.25, 0.3) is 0 Å². The van der Waals surface area contributed by atoms with E-state index >= 15 is 0 Å². The zero-order chi connectivity index (χ0) is 13.4. The Morgan fingerprint density at radius 1 is 1.32 bits per heavy atom. The van der Waals surface area contributed by atoms with Gasteiger partial charge in [-0.1, -0.05) is 0 Å². The summed E-state index contributed by atoms with van der Waals surface area (Å²) in [6.07, 6.45) is 0.708. The molecule has 2 atom stereocenters. The highest BCUT2D eigenvalue weighted by atomic mass is 32.1. The van der Waals surface area contributed by atoms with Crippen LogP contribution in [0, 0.1) is 12.7 Å². The van der Waals surface area contributed by atoms with Crippen LogP contribution in [0.2, 0.25) is 0 Å². The van der Waals surface area contributed by atoms with Gasteiger partial charge in [0.05, 0.1) is 12.1 Å². The topological polar surface area (TPSA) is 32.3 Å². The highest BCUT2D eigenvalue weighted by Gasteiger charge is 2.24. The second-order valence-electron chi connectivity index (χ2n) is 5.04. The van der Waals surface area contributed by atoms with E-state index in [1.807, 2.05) is 0 Å². The number of rotatable bonds is 1. The second kappa shape index (κ2) is 4.94. The Morgan fingerprint density at radius 3 is 2.89 bits per heavy atom. The van der Waals surface area contributed by atoms with Gasteiger partial charge in [-0.05, 0) is 49.2 Å². The molecule has 1 aliphatic rings. The molecule has 2 heterocycles. The summed E-state index contributed by atoms with van der Waals surface area (Å²) in [6, 6.07) is 9.01. The third-order valence-corrected chi connectivity index (χ3v) is 4.58. The summed E-state index contributed by atoms with van der Waals surface area (Å²) in [5.41, 5.74) is 1.78. The van der Waals surface area contributed by atoms with Gasteiger partial charge in [-0.3, -0.25) is 0 Å². The van der Waals surface area contributed by atoms with E-state index in [9.17, 15) is 9.50 Å². The molecule has 0 saturated carbocycles. The zero-order valence-electron chi connectivity index (χ0n) is 10.7. The lowest BCUT2D eigenvalue weighted by Crippen LogP contribution is -2.15. The smallest absolute Gasteiger partial charge is 0.123 e. The van der Waals surface area contributed by atoms with Crippen LogP contribution in [0.5, 0.6) is 0 Å². The minimum atomic E-state index is -0.442. The Bertz CT molecular complexity index is 596. The Morgan fingerprint density at radius 2 is 2.16 bits per heavy atom. The van der Waals surface area contributed by atoms with Crippen LogP contribution in [-0.4, -0.2) is 11.2 Å². The molecule has 2 nitrogen and oxygen atoms in total. The van der Waals surface area contributed by atoms with Gasteiger partial charge < -0.3 is 10.4 Å². The number of hydrogen-bond donors (Lipinski definition) is 2. The van der Waals surface area contributed by atoms with Crippen LogP contribution in [0.3, 0.4) is 0 Å². The molecule has 100 valence electrons. The maximum Gasteiger partial charge on any atom is 0.123 e. The number of aliphatic hydroxyl groups excluding tert-OH is 1. The monoisotopic (exact) mass is 277 g/mol. The lowest BCUT2D eigenvalue weighted by atomic mass is 10.0. The van der Waals surface area contributed by atoms with Crippen LogP contribution in [-0.2, 0) is 6.42 Å². The standard InChI is InChI=1S/C15H16FNOS/c1-9-2-5-15(19-9)14-8-12(18)7-10-6-11(16)3-4-13(10)17-14/h2-6,12,14,17-18H,7-8H2,1H3/t12-,14+/m1/s1. The molecule has 0 saturated heterocycles. The number of benzene rings is 1. The fourth-order valence-corrected chi connectivity index (χ4v) is 3.50. The van der Waals surface area contributed by atoms with Gasteiger partial charge in [0.15, 0.2) is 0 Å². The number of aryl methyl sites for hydroxylation is 1. The summed E-state index contributed by atoms with van der Waals surface area (Å²) in [5, 5.41) is 13.5. The molecule has 0 spiro atoms. The van der Waals surface area contributed by atoms with Gasteiger partial charge in [-0.2, -0.15) is 0 Å². The van der Waals surface area contributed by atoms with Crippen molar-refractivity contribution in [2.75, 3.05) is 5.32 Å². The summed E-state index contributed by atoms with van der Waals surface area (Å²) < 4.78 is 13.3. The van der Waals surface area contributed by atoms with E-state index in [0.29, 0.717) is 12.8 Å². The van der Waals surface area contributed by atoms with Crippen molar-refractivity contribution in [3.05, 3.63) is 51.5 Å². The molecule has 0 radical (unpaired) electrons. The third kappa shape index (κ3) is 2.65. The maximum atomic E-state index is 13.3. The second-order valence-corrected chi connectivity index (χ2v) is 6.36. The van der Waals surface area contributed by atoms with Crippen molar-refractivity contribution < 1.29 is 9.50 Å².